The maximum Gasteiger partial charge on any atom is 0.510 e. The maximum atomic E-state index is 10.6. The number of rotatable bonds is 10. The molecule has 0 unspecified atom stereocenters. The van der Waals surface area contributed by atoms with E-state index in [2.05, 4.69) is 9.89 Å². The summed E-state index contributed by atoms with van der Waals surface area (Å²) in [4.78, 5) is 16.0. The number of unbranched alkanes of at least 4 members (excludes halogenated alkanes) is 1. The molecule has 162 valence electrons. The third-order valence-electron chi connectivity index (χ3n) is 4.38. The fourth-order valence-electron chi connectivity index (χ4n) is 2.85. The van der Waals surface area contributed by atoms with Crippen molar-refractivity contribution in [3.05, 3.63) is 29.8 Å². The van der Waals surface area contributed by atoms with Crippen molar-refractivity contribution in [2.24, 2.45) is 11.1 Å². The highest BCUT2D eigenvalue weighted by molar-refractivity contribution is 5.98. The highest BCUT2D eigenvalue weighted by Crippen LogP contribution is 2.25. The van der Waals surface area contributed by atoms with E-state index in [1.165, 1.54) is 6.92 Å². The number of hydrogen-bond donors (Lipinski definition) is 1. The van der Waals surface area contributed by atoms with Crippen molar-refractivity contribution in [3.8, 4) is 5.75 Å². The van der Waals surface area contributed by atoms with Crippen LogP contribution in [0.1, 0.15) is 52.5 Å². The molecule has 0 aliphatic carbocycles. The average Bonchev–Trinajstić information content (AvgIpc) is 2.65. The molecule has 1 heterocycles. The highest BCUT2D eigenvalue weighted by atomic mass is 16.9. The largest absolute Gasteiger partial charge is 0.510 e. The van der Waals surface area contributed by atoms with Crippen LogP contribution in [0.2, 0.25) is 0 Å². The Morgan fingerprint density at radius 3 is 2.48 bits per heavy atom. The summed E-state index contributed by atoms with van der Waals surface area (Å²) in [5.41, 5.74) is 1.80. The first-order chi connectivity index (χ1) is 13.8. The first-order valence-corrected chi connectivity index (χ1v) is 9.91. The van der Waals surface area contributed by atoms with E-state index in [1.54, 1.807) is 0 Å². The van der Waals surface area contributed by atoms with Crippen molar-refractivity contribution >= 4 is 11.9 Å². The SMILES string of the molecule is CC(=NOCCCCC1COC(C)(OC(=O)O)OC1)c1ccc(OC(C)C)cc1. The lowest BCUT2D eigenvalue weighted by Crippen LogP contribution is -2.45. The summed E-state index contributed by atoms with van der Waals surface area (Å²) in [6.45, 7) is 8.68. The van der Waals surface area contributed by atoms with Crippen LogP contribution in [0.5, 0.6) is 5.75 Å². The van der Waals surface area contributed by atoms with Gasteiger partial charge < -0.3 is 28.9 Å². The topological polar surface area (TPSA) is 95.8 Å². The molecular weight excluding hydrogens is 378 g/mol. The van der Waals surface area contributed by atoms with Crippen LogP contribution in [0, 0.1) is 5.92 Å². The molecule has 0 amide bonds. The van der Waals surface area contributed by atoms with Gasteiger partial charge in [0.15, 0.2) is 0 Å². The zero-order valence-electron chi connectivity index (χ0n) is 17.6. The summed E-state index contributed by atoms with van der Waals surface area (Å²) >= 11 is 0. The number of benzene rings is 1. The summed E-state index contributed by atoms with van der Waals surface area (Å²) in [5, 5.41) is 12.8. The van der Waals surface area contributed by atoms with Crippen LogP contribution in [0.25, 0.3) is 0 Å². The second kappa shape index (κ2) is 11.0. The quantitative estimate of drug-likeness (QED) is 0.264. The molecule has 0 saturated carbocycles. The van der Waals surface area contributed by atoms with E-state index in [4.69, 9.17) is 24.2 Å². The molecule has 0 spiro atoms. The van der Waals surface area contributed by atoms with Gasteiger partial charge >= 0.3 is 12.1 Å². The van der Waals surface area contributed by atoms with Crippen LogP contribution in [-0.2, 0) is 19.0 Å². The lowest BCUT2D eigenvalue weighted by Gasteiger charge is -2.35. The molecular formula is C21H31NO7. The molecule has 1 aliphatic heterocycles. The molecule has 1 saturated heterocycles. The monoisotopic (exact) mass is 409 g/mol. The van der Waals surface area contributed by atoms with Gasteiger partial charge in [-0.05, 0) is 69.9 Å². The molecule has 2 rings (SSSR count). The smallest absolute Gasteiger partial charge is 0.491 e. The number of carbonyl (C=O) groups is 1. The second-order valence-electron chi connectivity index (χ2n) is 7.42. The minimum atomic E-state index is -1.50. The fourth-order valence-corrected chi connectivity index (χ4v) is 2.85. The average molecular weight is 409 g/mol. The van der Waals surface area contributed by atoms with Gasteiger partial charge in [-0.2, -0.15) is 0 Å². The molecule has 8 nitrogen and oxygen atoms in total. The van der Waals surface area contributed by atoms with Gasteiger partial charge in [0, 0.05) is 12.8 Å². The van der Waals surface area contributed by atoms with Crippen LogP contribution in [0.3, 0.4) is 0 Å². The van der Waals surface area contributed by atoms with E-state index in [1.807, 2.05) is 45.0 Å². The number of oxime groups is 1. The standard InChI is InChI=1S/C21H31NO7/c1-15(2)28-19-10-8-18(9-11-19)16(3)22-27-12-6-5-7-17-13-25-21(4,26-14-17)29-20(23)24/h8-11,15,17H,5-7,12-14H2,1-4H3,(H,23,24). The van der Waals surface area contributed by atoms with Gasteiger partial charge in [-0.15, -0.1) is 0 Å². The zero-order chi connectivity index (χ0) is 21.3. The Hall–Kier alpha value is -2.32. The van der Waals surface area contributed by atoms with Gasteiger partial charge in [-0.3, -0.25) is 0 Å². The van der Waals surface area contributed by atoms with Gasteiger partial charge in [-0.1, -0.05) is 5.16 Å². The number of hydrogen-bond acceptors (Lipinski definition) is 7. The van der Waals surface area contributed by atoms with E-state index in [9.17, 15) is 4.79 Å². The maximum absolute atomic E-state index is 10.6. The molecule has 1 aliphatic rings. The van der Waals surface area contributed by atoms with Crippen molar-refractivity contribution in [2.45, 2.75) is 59.0 Å². The van der Waals surface area contributed by atoms with E-state index in [-0.39, 0.29) is 12.0 Å². The Balaban J connectivity index is 1.61. The number of carboxylic acid groups (broad SMARTS) is 1. The molecule has 1 aromatic rings. The van der Waals surface area contributed by atoms with Crippen LogP contribution in [0.4, 0.5) is 4.79 Å². The molecule has 0 bridgehead atoms. The third-order valence-corrected chi connectivity index (χ3v) is 4.38. The lowest BCUT2D eigenvalue weighted by atomic mass is 10.0. The molecule has 0 radical (unpaired) electrons. The predicted octanol–water partition coefficient (Wildman–Crippen LogP) is 4.42. The fraction of sp³-hybridized carbons (Fsp3) is 0.619. The molecule has 0 atom stereocenters. The van der Waals surface area contributed by atoms with Gasteiger partial charge in [0.25, 0.3) is 0 Å². The van der Waals surface area contributed by atoms with Crippen molar-refractivity contribution in [3.63, 3.8) is 0 Å². The Morgan fingerprint density at radius 1 is 1.24 bits per heavy atom. The lowest BCUT2D eigenvalue weighted by molar-refractivity contribution is -0.379. The summed E-state index contributed by atoms with van der Waals surface area (Å²) in [6, 6.07) is 7.78. The van der Waals surface area contributed by atoms with Crippen molar-refractivity contribution < 1.29 is 33.7 Å². The van der Waals surface area contributed by atoms with Crippen LogP contribution in [0.15, 0.2) is 29.4 Å². The van der Waals surface area contributed by atoms with Crippen molar-refractivity contribution in [2.75, 3.05) is 19.8 Å². The Kier molecular flexibility index (Phi) is 8.72. The molecule has 1 fully saturated rings. The van der Waals surface area contributed by atoms with Crippen LogP contribution in [-0.4, -0.2) is 48.9 Å². The minimum absolute atomic E-state index is 0.147. The Labute approximate surface area is 171 Å². The van der Waals surface area contributed by atoms with E-state index in [0.717, 1.165) is 36.3 Å². The van der Waals surface area contributed by atoms with E-state index in [0.29, 0.717) is 19.8 Å². The number of ether oxygens (including phenoxy) is 4. The molecule has 1 N–H and O–H groups in total. The van der Waals surface area contributed by atoms with Gasteiger partial charge in [0.2, 0.25) is 0 Å². The molecule has 1 aromatic carbocycles. The predicted molar refractivity (Wildman–Crippen MR) is 107 cm³/mol. The van der Waals surface area contributed by atoms with E-state index < -0.39 is 12.1 Å². The number of nitrogens with zero attached hydrogens (tertiary/aromatic N) is 1. The molecule has 8 heteroatoms. The molecule has 0 aromatic heterocycles. The van der Waals surface area contributed by atoms with Gasteiger partial charge in [-0.25, -0.2) is 4.79 Å². The summed E-state index contributed by atoms with van der Waals surface area (Å²) in [6.07, 6.45) is 1.42. The second-order valence-corrected chi connectivity index (χ2v) is 7.42. The van der Waals surface area contributed by atoms with Crippen LogP contribution < -0.4 is 4.74 Å². The Bertz CT molecular complexity index is 664. The molecule has 29 heavy (non-hydrogen) atoms. The zero-order valence-corrected chi connectivity index (χ0v) is 17.6. The van der Waals surface area contributed by atoms with Crippen molar-refractivity contribution in [1.29, 1.82) is 0 Å². The first kappa shape index (κ1) is 23.0. The first-order valence-electron chi connectivity index (χ1n) is 9.91. The normalized spacial score (nSPS) is 22.4. The van der Waals surface area contributed by atoms with E-state index >= 15 is 0 Å². The third kappa shape index (κ3) is 8.29. The summed E-state index contributed by atoms with van der Waals surface area (Å²) in [7, 11) is 0. The van der Waals surface area contributed by atoms with Gasteiger partial charge in [0.05, 0.1) is 25.0 Å². The minimum Gasteiger partial charge on any atom is -0.491 e. The summed E-state index contributed by atoms with van der Waals surface area (Å²) in [5.74, 6) is -0.461. The summed E-state index contributed by atoms with van der Waals surface area (Å²) < 4.78 is 21.0. The van der Waals surface area contributed by atoms with Crippen molar-refractivity contribution in [1.82, 2.24) is 0 Å². The Morgan fingerprint density at radius 2 is 1.90 bits per heavy atom. The van der Waals surface area contributed by atoms with Gasteiger partial charge in [0.1, 0.15) is 12.4 Å². The highest BCUT2D eigenvalue weighted by Gasteiger charge is 2.36. The van der Waals surface area contributed by atoms with Crippen LogP contribution >= 0.6 is 0 Å².